The average Bonchev–Trinajstić information content (AvgIpc) is 3.38. The van der Waals surface area contributed by atoms with E-state index in [0.717, 1.165) is 16.7 Å². The molecule has 0 aromatic carbocycles. The number of furan rings is 1. The number of cyclic esters (lactones) is 1. The Kier molecular flexibility index (Phi) is 6.00. The molecule has 0 spiro atoms. The standard InChI is InChI=1S/C29H34O9/c1-14(30)37-21(26(34)35-6)22-27(2,3)23(32)17-11-16-18(29(22,5)24(17)33)7-9-28(4)19(16)12-20(31)38-25(28)15-8-10-36-13-15/h8,10,13,17-18,21-22,25H,7,9,11-12H2,1-6H3/t17-,18-,21+,22-,25-,28+,29+/m0/s1. The summed E-state index contributed by atoms with van der Waals surface area (Å²) in [5, 5.41) is 0. The fourth-order valence-electron chi connectivity index (χ4n) is 8.22. The minimum absolute atomic E-state index is 0.0697. The molecule has 38 heavy (non-hydrogen) atoms. The number of esters is 3. The molecule has 2 saturated carbocycles. The number of hydrogen-bond acceptors (Lipinski definition) is 9. The third-order valence-corrected chi connectivity index (χ3v) is 9.84. The fraction of sp³-hybridized carbons (Fsp3) is 0.621. The first-order valence-electron chi connectivity index (χ1n) is 13.1. The van der Waals surface area contributed by atoms with Gasteiger partial charge in [-0.3, -0.25) is 19.2 Å². The van der Waals surface area contributed by atoms with Crippen molar-refractivity contribution in [1.82, 2.24) is 0 Å². The van der Waals surface area contributed by atoms with E-state index in [1.54, 1.807) is 33.1 Å². The smallest absolute Gasteiger partial charge is 0.347 e. The number of hydrogen-bond donors (Lipinski definition) is 0. The summed E-state index contributed by atoms with van der Waals surface area (Å²) in [5.41, 5.74) is -0.329. The van der Waals surface area contributed by atoms with E-state index in [9.17, 15) is 24.0 Å². The van der Waals surface area contributed by atoms with Crippen LogP contribution in [0.3, 0.4) is 0 Å². The van der Waals surface area contributed by atoms with Crippen molar-refractivity contribution in [1.29, 1.82) is 0 Å². The van der Waals surface area contributed by atoms with Crippen LogP contribution >= 0.6 is 0 Å². The molecule has 0 amide bonds. The Balaban J connectivity index is 1.71. The summed E-state index contributed by atoms with van der Waals surface area (Å²) in [5.74, 6) is -4.62. The molecule has 3 fully saturated rings. The summed E-state index contributed by atoms with van der Waals surface area (Å²) in [7, 11) is 1.19. The van der Waals surface area contributed by atoms with Gasteiger partial charge in [-0.15, -0.1) is 0 Å². The largest absolute Gasteiger partial charge is 0.472 e. The monoisotopic (exact) mass is 526 g/mol. The van der Waals surface area contributed by atoms with E-state index >= 15 is 0 Å². The van der Waals surface area contributed by atoms with Gasteiger partial charge in [-0.1, -0.05) is 33.3 Å². The normalized spacial score (nSPS) is 36.5. The van der Waals surface area contributed by atoms with Crippen LogP contribution in [0.25, 0.3) is 0 Å². The number of fused-ring (bicyclic) bond motifs is 5. The highest BCUT2D eigenvalue weighted by molar-refractivity contribution is 6.11. The van der Waals surface area contributed by atoms with Crippen LogP contribution in [0, 0.1) is 34.0 Å². The van der Waals surface area contributed by atoms with Crippen molar-refractivity contribution in [2.45, 2.75) is 72.5 Å². The molecular formula is C29H34O9. The molecule has 1 aromatic rings. The van der Waals surface area contributed by atoms with Gasteiger partial charge in [0.1, 0.15) is 11.9 Å². The molecule has 4 aliphatic rings. The van der Waals surface area contributed by atoms with Crippen molar-refractivity contribution in [3.8, 4) is 0 Å². The first-order valence-corrected chi connectivity index (χ1v) is 13.1. The zero-order chi connectivity index (χ0) is 27.8. The van der Waals surface area contributed by atoms with Gasteiger partial charge in [0.15, 0.2) is 5.78 Å². The van der Waals surface area contributed by atoms with Crippen LogP contribution < -0.4 is 0 Å². The molecule has 5 rings (SSSR count). The van der Waals surface area contributed by atoms with Crippen LogP contribution in [0.15, 0.2) is 34.2 Å². The average molecular weight is 527 g/mol. The minimum Gasteiger partial charge on any atom is -0.472 e. The summed E-state index contributed by atoms with van der Waals surface area (Å²) in [6, 6.07) is 1.78. The molecule has 204 valence electrons. The van der Waals surface area contributed by atoms with Crippen molar-refractivity contribution >= 4 is 29.5 Å². The topological polar surface area (TPSA) is 126 Å². The Hall–Kier alpha value is -3.23. The van der Waals surface area contributed by atoms with Crippen LogP contribution in [0.1, 0.15) is 72.0 Å². The van der Waals surface area contributed by atoms with Gasteiger partial charge in [-0.25, -0.2) is 4.79 Å². The first kappa shape index (κ1) is 26.4. The van der Waals surface area contributed by atoms with E-state index in [0.29, 0.717) is 12.8 Å². The molecule has 1 aromatic heterocycles. The van der Waals surface area contributed by atoms with Gasteiger partial charge in [0.2, 0.25) is 6.10 Å². The summed E-state index contributed by atoms with van der Waals surface area (Å²) in [4.78, 5) is 66.0. The molecule has 0 unspecified atom stereocenters. The number of ketones is 2. The Morgan fingerprint density at radius 1 is 1.11 bits per heavy atom. The van der Waals surface area contributed by atoms with Crippen molar-refractivity contribution in [3.63, 3.8) is 0 Å². The lowest BCUT2D eigenvalue weighted by atomic mass is 9.40. The number of carbonyl (C=O) groups is 5. The molecule has 0 radical (unpaired) electrons. The highest BCUT2D eigenvalue weighted by Crippen LogP contribution is 2.67. The van der Waals surface area contributed by atoms with Crippen molar-refractivity contribution in [3.05, 3.63) is 35.3 Å². The lowest BCUT2D eigenvalue weighted by Gasteiger charge is -2.61. The second kappa shape index (κ2) is 8.64. The highest BCUT2D eigenvalue weighted by atomic mass is 16.6. The Morgan fingerprint density at radius 3 is 2.42 bits per heavy atom. The van der Waals surface area contributed by atoms with E-state index < -0.39 is 52.2 Å². The Morgan fingerprint density at radius 2 is 1.82 bits per heavy atom. The van der Waals surface area contributed by atoms with Crippen LogP contribution in [-0.2, 0) is 38.2 Å². The lowest BCUT2D eigenvalue weighted by molar-refractivity contribution is -0.194. The molecule has 0 N–H and O–H groups in total. The zero-order valence-corrected chi connectivity index (χ0v) is 22.6. The SMILES string of the molecule is COC(=O)[C@H](OC(C)=O)[C@H]1C(C)(C)C(=O)[C@@H]2CC3=C4CC(=O)O[C@@H](c5ccoc5)[C@]4(C)CC[C@@H]3[C@@]1(C)C2=O. The summed E-state index contributed by atoms with van der Waals surface area (Å²) in [6.45, 7) is 8.47. The van der Waals surface area contributed by atoms with Gasteiger partial charge in [0.05, 0.1) is 32.0 Å². The van der Waals surface area contributed by atoms with E-state index in [1.807, 2.05) is 0 Å². The second-order valence-electron chi connectivity index (χ2n) is 12.1. The molecule has 9 nitrogen and oxygen atoms in total. The third kappa shape index (κ3) is 3.46. The van der Waals surface area contributed by atoms with Gasteiger partial charge in [-0.05, 0) is 36.8 Å². The quantitative estimate of drug-likeness (QED) is 0.248. The van der Waals surface area contributed by atoms with Gasteiger partial charge in [0, 0.05) is 34.7 Å². The molecule has 7 atom stereocenters. The predicted octanol–water partition coefficient (Wildman–Crippen LogP) is 3.91. The van der Waals surface area contributed by atoms with Crippen LogP contribution in [0.2, 0.25) is 0 Å². The maximum Gasteiger partial charge on any atom is 0.347 e. The van der Waals surface area contributed by atoms with Crippen molar-refractivity contribution in [2.75, 3.05) is 7.11 Å². The molecule has 1 saturated heterocycles. The second-order valence-corrected chi connectivity index (χ2v) is 12.1. The molecule has 2 heterocycles. The van der Waals surface area contributed by atoms with Crippen LogP contribution in [0.4, 0.5) is 0 Å². The van der Waals surface area contributed by atoms with Gasteiger partial charge in [-0.2, -0.15) is 0 Å². The fourth-order valence-corrected chi connectivity index (χ4v) is 8.22. The van der Waals surface area contributed by atoms with Crippen LogP contribution in [-0.4, -0.2) is 42.7 Å². The molecule has 2 bridgehead atoms. The number of Topliss-reactive ketones (excluding diaryl/α,β-unsaturated/α-hetero) is 2. The number of carbonyl (C=O) groups excluding carboxylic acids is 5. The van der Waals surface area contributed by atoms with E-state index in [-0.39, 0.29) is 36.3 Å². The predicted molar refractivity (Wildman–Crippen MR) is 131 cm³/mol. The van der Waals surface area contributed by atoms with Crippen molar-refractivity contribution in [2.24, 2.45) is 34.0 Å². The summed E-state index contributed by atoms with van der Waals surface area (Å²) < 4.78 is 21.6. The van der Waals surface area contributed by atoms with E-state index in [2.05, 4.69) is 6.92 Å². The number of methoxy groups -OCH3 is 1. The third-order valence-electron chi connectivity index (χ3n) is 9.84. The minimum atomic E-state index is -1.43. The Bertz CT molecular complexity index is 1250. The highest BCUT2D eigenvalue weighted by Gasteiger charge is 2.70. The number of rotatable bonds is 4. The Labute approximate surface area is 221 Å². The molecule has 9 heteroatoms. The number of allylic oxidation sites excluding steroid dienone is 1. The molecule has 3 aliphatic carbocycles. The molecular weight excluding hydrogens is 492 g/mol. The van der Waals surface area contributed by atoms with Gasteiger partial charge in [0.25, 0.3) is 0 Å². The first-order chi connectivity index (χ1) is 17.8. The summed E-state index contributed by atoms with van der Waals surface area (Å²) in [6.07, 6.45) is 2.63. The lowest BCUT2D eigenvalue weighted by Crippen LogP contribution is -2.68. The maximum atomic E-state index is 14.1. The number of ether oxygens (including phenoxy) is 3. The maximum absolute atomic E-state index is 14.1. The van der Waals surface area contributed by atoms with Gasteiger partial charge >= 0.3 is 17.9 Å². The van der Waals surface area contributed by atoms with Crippen molar-refractivity contribution < 1.29 is 42.6 Å². The zero-order valence-electron chi connectivity index (χ0n) is 22.6. The molecule has 1 aliphatic heterocycles. The van der Waals surface area contributed by atoms with E-state index in [4.69, 9.17) is 18.6 Å². The van der Waals surface area contributed by atoms with E-state index in [1.165, 1.54) is 20.3 Å². The summed E-state index contributed by atoms with van der Waals surface area (Å²) >= 11 is 0. The van der Waals surface area contributed by atoms with Crippen LogP contribution in [0.5, 0.6) is 0 Å². The van der Waals surface area contributed by atoms with Gasteiger partial charge < -0.3 is 18.6 Å².